The first-order valence-electron chi connectivity index (χ1n) is 5.32. The Balaban J connectivity index is 2.37. The van der Waals surface area contributed by atoms with Gasteiger partial charge in [0.15, 0.2) is 0 Å². The summed E-state index contributed by atoms with van der Waals surface area (Å²) in [5, 5.41) is 19.2. The molecule has 86 valence electrons. The van der Waals surface area contributed by atoms with Gasteiger partial charge in [-0.05, 0) is 30.1 Å². The van der Waals surface area contributed by atoms with Crippen molar-refractivity contribution in [1.29, 1.82) is 0 Å². The van der Waals surface area contributed by atoms with E-state index in [0.717, 1.165) is 19.3 Å². The summed E-state index contributed by atoms with van der Waals surface area (Å²) in [5.41, 5.74) is -0.547. The minimum absolute atomic E-state index is 0.171. The number of aliphatic carboxylic acids is 1. The van der Waals surface area contributed by atoms with Crippen LogP contribution >= 0.6 is 15.9 Å². The lowest BCUT2D eigenvalue weighted by Gasteiger charge is -2.44. The molecule has 2 fully saturated rings. The Morgan fingerprint density at radius 1 is 1.47 bits per heavy atom. The van der Waals surface area contributed by atoms with Crippen molar-refractivity contribution in [3.8, 4) is 0 Å². The summed E-state index contributed by atoms with van der Waals surface area (Å²) >= 11 is 3.61. The van der Waals surface area contributed by atoms with Gasteiger partial charge in [-0.2, -0.15) is 0 Å². The summed E-state index contributed by atoms with van der Waals surface area (Å²) in [6, 6.07) is 0. The van der Waals surface area contributed by atoms with Gasteiger partial charge in [0.2, 0.25) is 0 Å². The maximum absolute atomic E-state index is 10.9. The molecule has 0 spiro atoms. The van der Waals surface area contributed by atoms with Gasteiger partial charge in [-0.25, -0.2) is 0 Å². The molecular formula is C11H17BrO3. The molecule has 0 aromatic carbocycles. The van der Waals surface area contributed by atoms with Gasteiger partial charge < -0.3 is 10.2 Å². The molecule has 3 nitrogen and oxygen atoms in total. The fraction of sp³-hybridized carbons (Fsp3) is 0.909. The second-order valence-electron chi connectivity index (χ2n) is 5.69. The Kier molecular flexibility index (Phi) is 2.26. The number of carbonyl (C=O) groups is 1. The van der Waals surface area contributed by atoms with Gasteiger partial charge in [0, 0.05) is 0 Å². The Labute approximate surface area is 98.0 Å². The van der Waals surface area contributed by atoms with Crippen molar-refractivity contribution in [3.05, 3.63) is 0 Å². The second kappa shape index (κ2) is 2.98. The molecule has 0 unspecified atom stereocenters. The lowest BCUT2D eigenvalue weighted by atomic mass is 9.62. The highest BCUT2D eigenvalue weighted by Crippen LogP contribution is 2.69. The third-order valence-corrected chi connectivity index (χ3v) is 5.79. The van der Waals surface area contributed by atoms with E-state index in [1.54, 1.807) is 0 Å². The number of carboxylic acids is 1. The summed E-state index contributed by atoms with van der Waals surface area (Å²) in [6.45, 7) is 3.98. The Morgan fingerprint density at radius 2 is 2.07 bits per heavy atom. The molecule has 0 aliphatic heterocycles. The molecule has 0 heterocycles. The van der Waals surface area contributed by atoms with Crippen molar-refractivity contribution in [2.45, 2.75) is 50.0 Å². The maximum Gasteiger partial charge on any atom is 0.303 e. The molecule has 2 rings (SSSR count). The third kappa shape index (κ3) is 1.30. The molecule has 0 amide bonds. The van der Waals surface area contributed by atoms with Crippen LogP contribution in [0.25, 0.3) is 0 Å². The van der Waals surface area contributed by atoms with Crippen LogP contribution in [0.4, 0.5) is 0 Å². The van der Waals surface area contributed by atoms with Crippen molar-refractivity contribution in [3.63, 3.8) is 0 Å². The number of alkyl halides is 1. The van der Waals surface area contributed by atoms with E-state index in [9.17, 15) is 9.90 Å². The first-order valence-corrected chi connectivity index (χ1v) is 6.12. The Hall–Kier alpha value is -0.0900. The minimum Gasteiger partial charge on any atom is -0.481 e. The molecule has 0 radical (unpaired) electrons. The molecule has 4 heteroatoms. The van der Waals surface area contributed by atoms with Crippen LogP contribution < -0.4 is 0 Å². The van der Waals surface area contributed by atoms with Crippen LogP contribution in [0.3, 0.4) is 0 Å². The summed E-state index contributed by atoms with van der Waals surface area (Å²) in [4.78, 5) is 10.9. The number of halogens is 1. The quantitative estimate of drug-likeness (QED) is 0.760. The molecule has 2 aliphatic carbocycles. The van der Waals surface area contributed by atoms with E-state index < -0.39 is 12.1 Å². The predicted molar refractivity (Wildman–Crippen MR) is 60.0 cm³/mol. The van der Waals surface area contributed by atoms with Crippen molar-refractivity contribution in [2.24, 2.45) is 10.8 Å². The van der Waals surface area contributed by atoms with Gasteiger partial charge in [0.25, 0.3) is 0 Å². The predicted octanol–water partition coefficient (Wildman–Crippen LogP) is 2.17. The molecule has 0 aromatic rings. The van der Waals surface area contributed by atoms with E-state index in [1.165, 1.54) is 0 Å². The zero-order valence-corrected chi connectivity index (χ0v) is 10.7. The van der Waals surface area contributed by atoms with Gasteiger partial charge in [-0.15, -0.1) is 0 Å². The standard InChI is InChI=1S/C11H17BrO3/c1-9(2)8(15)11(12)4-3-10(9,6-11)5-7(13)14/h8,15H,3-6H2,1-2H3,(H,13,14)/t8-,10+,11-/m1/s1. The smallest absolute Gasteiger partial charge is 0.303 e. The van der Waals surface area contributed by atoms with E-state index in [1.807, 2.05) is 13.8 Å². The average Bonchev–Trinajstić information content (AvgIpc) is 2.48. The molecule has 0 saturated heterocycles. The highest BCUT2D eigenvalue weighted by Gasteiger charge is 2.68. The van der Waals surface area contributed by atoms with Crippen molar-refractivity contribution in [1.82, 2.24) is 0 Å². The largest absolute Gasteiger partial charge is 0.481 e. The van der Waals surface area contributed by atoms with Gasteiger partial charge in [0.1, 0.15) is 0 Å². The van der Waals surface area contributed by atoms with E-state index in [4.69, 9.17) is 5.11 Å². The number of rotatable bonds is 2. The van der Waals surface area contributed by atoms with Gasteiger partial charge in [-0.3, -0.25) is 4.79 Å². The first-order chi connectivity index (χ1) is 6.74. The fourth-order valence-electron chi connectivity index (χ4n) is 3.57. The lowest BCUT2D eigenvalue weighted by molar-refractivity contribution is -0.143. The zero-order valence-electron chi connectivity index (χ0n) is 9.09. The molecule has 2 N–H and O–H groups in total. The normalized spacial score (nSPS) is 47.1. The Morgan fingerprint density at radius 3 is 2.47 bits per heavy atom. The van der Waals surface area contributed by atoms with E-state index >= 15 is 0 Å². The molecule has 15 heavy (non-hydrogen) atoms. The summed E-state index contributed by atoms with van der Waals surface area (Å²) < 4.78 is -0.244. The topological polar surface area (TPSA) is 57.5 Å². The molecule has 3 atom stereocenters. The van der Waals surface area contributed by atoms with Crippen LogP contribution in [0.1, 0.15) is 39.5 Å². The van der Waals surface area contributed by atoms with E-state index in [-0.39, 0.29) is 21.6 Å². The third-order valence-electron chi connectivity index (χ3n) is 4.68. The minimum atomic E-state index is -0.756. The number of hydrogen-bond donors (Lipinski definition) is 2. The first kappa shape index (κ1) is 11.4. The zero-order chi connectivity index (χ0) is 11.5. The van der Waals surface area contributed by atoms with Gasteiger partial charge in [-0.1, -0.05) is 29.8 Å². The number of hydrogen-bond acceptors (Lipinski definition) is 2. The summed E-state index contributed by atoms with van der Waals surface area (Å²) in [6.07, 6.45) is 2.28. The summed E-state index contributed by atoms with van der Waals surface area (Å²) in [5.74, 6) is -0.756. The highest BCUT2D eigenvalue weighted by atomic mass is 79.9. The number of aliphatic hydroxyl groups excluding tert-OH is 1. The second-order valence-corrected chi connectivity index (χ2v) is 7.27. The van der Waals surface area contributed by atoms with Crippen LogP contribution in [-0.2, 0) is 4.79 Å². The molecule has 2 saturated carbocycles. The Bertz CT molecular complexity index is 315. The fourth-order valence-corrected chi connectivity index (χ4v) is 4.88. The van der Waals surface area contributed by atoms with Crippen LogP contribution in [0.15, 0.2) is 0 Å². The van der Waals surface area contributed by atoms with Gasteiger partial charge in [0.05, 0.1) is 16.8 Å². The van der Waals surface area contributed by atoms with Crippen LogP contribution in [-0.4, -0.2) is 26.6 Å². The maximum atomic E-state index is 10.9. The van der Waals surface area contributed by atoms with Crippen molar-refractivity contribution < 1.29 is 15.0 Å². The monoisotopic (exact) mass is 276 g/mol. The number of fused-ring (bicyclic) bond motifs is 2. The van der Waals surface area contributed by atoms with Crippen molar-refractivity contribution >= 4 is 21.9 Å². The number of carboxylic acid groups (broad SMARTS) is 1. The van der Waals surface area contributed by atoms with E-state index in [2.05, 4.69) is 15.9 Å². The molecule has 2 aliphatic rings. The lowest BCUT2D eigenvalue weighted by Crippen LogP contribution is -2.46. The molecule has 2 bridgehead atoms. The van der Waals surface area contributed by atoms with Crippen molar-refractivity contribution in [2.75, 3.05) is 0 Å². The van der Waals surface area contributed by atoms with E-state index in [0.29, 0.717) is 0 Å². The van der Waals surface area contributed by atoms with Crippen LogP contribution in [0.2, 0.25) is 0 Å². The van der Waals surface area contributed by atoms with Crippen LogP contribution in [0.5, 0.6) is 0 Å². The SMILES string of the molecule is CC1(C)[C@@H](O)[C@@]2(Br)CC[C@]1(CC(=O)O)C2. The number of aliphatic hydroxyl groups is 1. The highest BCUT2D eigenvalue weighted by molar-refractivity contribution is 9.10. The molecular weight excluding hydrogens is 260 g/mol. The average molecular weight is 277 g/mol. The summed E-state index contributed by atoms with van der Waals surface area (Å²) in [7, 11) is 0. The van der Waals surface area contributed by atoms with Gasteiger partial charge >= 0.3 is 5.97 Å². The molecule has 0 aromatic heterocycles. The van der Waals surface area contributed by atoms with Crippen LogP contribution in [0, 0.1) is 10.8 Å².